The fourth-order valence-corrected chi connectivity index (χ4v) is 9.22. The molecule has 2 unspecified atom stereocenters. The van der Waals surface area contributed by atoms with Crippen LogP contribution in [0.3, 0.4) is 0 Å². The summed E-state index contributed by atoms with van der Waals surface area (Å²) in [5.74, 6) is -4.41. The molecule has 350 valence electrons. The first-order valence-corrected chi connectivity index (χ1v) is 22.5. The van der Waals surface area contributed by atoms with Gasteiger partial charge in [-0.05, 0) is 118 Å². The van der Waals surface area contributed by atoms with Crippen LogP contribution in [-0.4, -0.2) is 102 Å². The van der Waals surface area contributed by atoms with Gasteiger partial charge in [-0.15, -0.1) is 0 Å². The Bertz CT molecular complexity index is 1970. The van der Waals surface area contributed by atoms with Gasteiger partial charge in [-0.25, -0.2) is 4.79 Å². The lowest BCUT2D eigenvalue weighted by atomic mass is 9.43. The van der Waals surface area contributed by atoms with Crippen molar-refractivity contribution in [1.29, 1.82) is 0 Å². The largest absolute Gasteiger partial charge is 0.481 e. The Morgan fingerprint density at radius 2 is 1.45 bits per heavy atom. The predicted octanol–water partition coefficient (Wildman–Crippen LogP) is 1.71. The summed E-state index contributed by atoms with van der Waals surface area (Å²) >= 11 is 0. The summed E-state index contributed by atoms with van der Waals surface area (Å²) in [6.07, 6.45) is 2.31. The summed E-state index contributed by atoms with van der Waals surface area (Å²) in [4.78, 5) is 78.9. The van der Waals surface area contributed by atoms with E-state index in [1.54, 1.807) is 19.1 Å². The minimum atomic E-state index is -1.80. The summed E-state index contributed by atoms with van der Waals surface area (Å²) in [6.45, 7) is 12.0. The van der Waals surface area contributed by atoms with E-state index in [0.29, 0.717) is 36.9 Å². The third-order valence-corrected chi connectivity index (χ3v) is 13.2. The number of carbonyl (C=O) groups excluding carboxylic acids is 6. The van der Waals surface area contributed by atoms with Crippen molar-refractivity contribution in [3.8, 4) is 11.1 Å². The maximum absolute atomic E-state index is 13.6. The van der Waals surface area contributed by atoms with Crippen LogP contribution >= 0.6 is 0 Å². The summed E-state index contributed by atoms with van der Waals surface area (Å²) < 4.78 is 12.7. The molecule has 0 aromatic heterocycles. The maximum Gasteiger partial charge on any atom is 0.481 e. The average molecular weight is 890 g/mol. The second kappa shape index (κ2) is 21.7. The summed E-state index contributed by atoms with van der Waals surface area (Å²) in [5.41, 5.74) is 20.5. The zero-order valence-electron chi connectivity index (χ0n) is 37.9. The number of hydrogen-bond donors (Lipinski definition) is 10. The van der Waals surface area contributed by atoms with E-state index < -0.39 is 91.0 Å². The monoisotopic (exact) mass is 890 g/mol. The lowest BCUT2D eigenvalue weighted by Gasteiger charge is -2.64. The van der Waals surface area contributed by atoms with E-state index in [0.717, 1.165) is 43.2 Å². The van der Waals surface area contributed by atoms with E-state index in [2.05, 4.69) is 76.9 Å². The first-order chi connectivity index (χ1) is 30.3. The highest BCUT2D eigenvalue weighted by Crippen LogP contribution is 2.65. The Kier molecular flexibility index (Phi) is 17.0. The number of benzene rings is 2. The van der Waals surface area contributed by atoms with Crippen molar-refractivity contribution in [2.75, 3.05) is 11.9 Å². The number of aliphatic hydroxyl groups excluding tert-OH is 1. The van der Waals surface area contributed by atoms with Crippen LogP contribution in [-0.2, 0) is 39.7 Å². The maximum atomic E-state index is 13.6. The zero-order valence-corrected chi connectivity index (χ0v) is 37.9. The van der Waals surface area contributed by atoms with E-state index >= 15 is 0 Å². The van der Waals surface area contributed by atoms with Crippen molar-refractivity contribution in [2.45, 2.75) is 147 Å². The number of amides is 7. The second-order valence-corrected chi connectivity index (χ2v) is 18.4. The molecule has 13 N–H and O–H groups in total. The molecule has 2 aromatic carbocycles. The van der Waals surface area contributed by atoms with Crippen LogP contribution in [0.2, 0.25) is 0 Å². The van der Waals surface area contributed by atoms with Gasteiger partial charge in [0, 0.05) is 5.69 Å². The van der Waals surface area contributed by atoms with Crippen LogP contribution in [0.5, 0.6) is 0 Å². The van der Waals surface area contributed by atoms with Gasteiger partial charge in [0.05, 0.1) is 30.2 Å². The second-order valence-electron chi connectivity index (χ2n) is 18.4. The van der Waals surface area contributed by atoms with Gasteiger partial charge in [-0.1, -0.05) is 63.6 Å². The van der Waals surface area contributed by atoms with Gasteiger partial charge in [0.2, 0.25) is 23.6 Å². The summed E-state index contributed by atoms with van der Waals surface area (Å²) in [7, 11) is -0.778. The van der Waals surface area contributed by atoms with Gasteiger partial charge in [0.15, 0.2) is 6.17 Å². The van der Waals surface area contributed by atoms with Gasteiger partial charge >= 0.3 is 13.1 Å². The molecule has 3 saturated carbocycles. The number of aryl methyl sites for hydroxylation is 1. The molecule has 18 nitrogen and oxygen atoms in total. The minimum Gasteiger partial charge on any atom is -0.404 e. The lowest BCUT2D eigenvalue weighted by Crippen LogP contribution is -2.65. The topological polar surface area (TPSA) is 291 Å². The number of hydrogen-bond acceptors (Lipinski definition) is 11. The Morgan fingerprint density at radius 1 is 0.812 bits per heavy atom. The van der Waals surface area contributed by atoms with Crippen molar-refractivity contribution < 1.29 is 43.2 Å². The number of anilines is 1. The SMILES string of the molecule is CCCCc1ccc(-c2ccc(NC(=O)N[C@@H](CCCCN)C(=O)N[C@H](C(=O)N[C@@H](N)C(=O)NC(CC(N)=O)C(=O)N[C@@H](C)B3OC4C[C@@H]5C[C@@H](C5(C)C)[C@]4(C)O3)[C@@H](C)O)cc2)cc1. The Labute approximate surface area is 376 Å². The Morgan fingerprint density at radius 3 is 2.05 bits per heavy atom. The molecular formula is C45H68BN9O9. The number of nitrogens with one attached hydrogen (secondary N) is 6. The molecule has 2 aromatic rings. The molecule has 19 heteroatoms. The number of aliphatic hydroxyl groups is 1. The number of rotatable bonds is 22. The smallest absolute Gasteiger partial charge is 0.404 e. The molecule has 3 aliphatic carbocycles. The standard InChI is InChI=1S/C45H68BN9O9/c1-7-8-11-27-13-15-28(16-14-27)29-17-19-31(20-18-29)51-43(62)53-32(12-9-10-21-47)39(58)54-37(25(2)56)41(60)55-38(49)42(61)52-33(24-36(48)57)40(59)50-26(3)46-63-35-23-30-22-34(44(30,4)5)45(35,6)64-46/h13-20,25-26,30,32-35,37-38,56H,7-12,21-24,47,49H2,1-6H3,(H2,48,57)(H,50,59)(H,52,61)(H,54,58)(H,55,60)(H2,51,53,62)/t25-,26+,30+,32+,33?,34+,35?,37+,38-,45+/m1/s1. The quantitative estimate of drug-likeness (QED) is 0.0461. The van der Waals surface area contributed by atoms with Crippen LogP contribution in [0, 0.1) is 17.3 Å². The molecule has 0 spiro atoms. The van der Waals surface area contributed by atoms with E-state index in [1.807, 2.05) is 19.1 Å². The normalized spacial score (nSPS) is 23.4. The van der Waals surface area contributed by atoms with Crippen LogP contribution in [0.4, 0.5) is 10.5 Å². The predicted molar refractivity (Wildman–Crippen MR) is 243 cm³/mol. The van der Waals surface area contributed by atoms with E-state index in [9.17, 15) is 33.9 Å². The number of unbranched alkanes of at least 4 members (excludes halogenated alkanes) is 2. The molecule has 1 aliphatic heterocycles. The Balaban J connectivity index is 1.14. The van der Waals surface area contributed by atoms with Gasteiger partial charge in [0.1, 0.15) is 18.1 Å². The molecule has 6 rings (SSSR count). The third kappa shape index (κ3) is 12.2. The highest BCUT2D eigenvalue weighted by molar-refractivity contribution is 6.47. The van der Waals surface area contributed by atoms with Crippen molar-refractivity contribution in [3.63, 3.8) is 0 Å². The van der Waals surface area contributed by atoms with Crippen molar-refractivity contribution >= 4 is 48.4 Å². The van der Waals surface area contributed by atoms with Crippen molar-refractivity contribution in [3.05, 3.63) is 54.1 Å². The van der Waals surface area contributed by atoms with Gasteiger partial charge in [-0.2, -0.15) is 0 Å². The van der Waals surface area contributed by atoms with Gasteiger partial charge < -0.3 is 63.5 Å². The first-order valence-electron chi connectivity index (χ1n) is 22.5. The molecule has 10 atom stereocenters. The highest BCUT2D eigenvalue weighted by atomic mass is 16.7. The molecule has 0 radical (unpaired) electrons. The zero-order chi connectivity index (χ0) is 46.9. The molecule has 7 amide bonds. The molecule has 4 fully saturated rings. The van der Waals surface area contributed by atoms with E-state index in [4.69, 9.17) is 26.5 Å². The molecular weight excluding hydrogens is 821 g/mol. The fraction of sp³-hybridized carbons (Fsp3) is 0.600. The summed E-state index contributed by atoms with van der Waals surface area (Å²) in [6, 6.07) is 10.6. The van der Waals surface area contributed by atoms with Crippen LogP contribution in [0.15, 0.2) is 48.5 Å². The van der Waals surface area contributed by atoms with Gasteiger partial charge in [-0.3, -0.25) is 24.0 Å². The Hall–Kier alpha value is -5.08. The molecule has 64 heavy (non-hydrogen) atoms. The third-order valence-electron chi connectivity index (χ3n) is 13.2. The van der Waals surface area contributed by atoms with Crippen LogP contribution in [0.25, 0.3) is 11.1 Å². The number of nitrogens with two attached hydrogens (primary N) is 3. The van der Waals surface area contributed by atoms with Crippen molar-refractivity contribution in [2.24, 2.45) is 34.5 Å². The minimum absolute atomic E-state index is 0.112. The lowest BCUT2D eigenvalue weighted by molar-refractivity contribution is -0.199. The first kappa shape index (κ1) is 49.9. The van der Waals surface area contributed by atoms with Gasteiger partial charge in [0.25, 0.3) is 5.91 Å². The van der Waals surface area contributed by atoms with Crippen molar-refractivity contribution in [1.82, 2.24) is 26.6 Å². The van der Waals surface area contributed by atoms with E-state index in [1.165, 1.54) is 12.5 Å². The average Bonchev–Trinajstić information content (AvgIpc) is 3.62. The molecule has 4 aliphatic rings. The van der Waals surface area contributed by atoms with Crippen LogP contribution < -0.4 is 49.1 Å². The molecule has 1 heterocycles. The molecule has 1 saturated heterocycles. The fourth-order valence-electron chi connectivity index (χ4n) is 9.22. The summed E-state index contributed by atoms with van der Waals surface area (Å²) in [5, 5.41) is 25.7. The number of carbonyl (C=O) groups is 6. The number of primary amides is 1. The number of urea groups is 1. The van der Waals surface area contributed by atoms with Crippen LogP contribution in [0.1, 0.15) is 98.5 Å². The van der Waals surface area contributed by atoms with E-state index in [-0.39, 0.29) is 17.9 Å². The molecule has 2 bridgehead atoms. The highest BCUT2D eigenvalue weighted by Gasteiger charge is 2.68.